The number of Topliss-reactive ketones (excluding diaryl/α,β-unsaturated/α-hetero) is 1. The Morgan fingerprint density at radius 2 is 2.31 bits per heavy atom. The van der Waals surface area contributed by atoms with Gasteiger partial charge in [-0.1, -0.05) is 0 Å². The number of carbonyl (C=O) groups excluding carboxylic acids is 1. The summed E-state index contributed by atoms with van der Waals surface area (Å²) in [6.07, 6.45) is -1.78. The molecule has 0 aliphatic rings. The minimum Gasteiger partial charge on any atom is -0.497 e. The van der Waals surface area contributed by atoms with Crippen molar-refractivity contribution in [1.29, 1.82) is 0 Å². The lowest BCUT2D eigenvalue weighted by Gasteiger charge is -2.01. The normalized spacial score (nSPS) is 10.2. The summed E-state index contributed by atoms with van der Waals surface area (Å²) in [5.41, 5.74) is -0.283. The molecule has 0 saturated carbocycles. The lowest BCUT2D eigenvalue weighted by Crippen LogP contribution is -2.11. The highest BCUT2D eigenvalue weighted by atomic mass is 19.3. The van der Waals surface area contributed by atoms with Crippen LogP contribution in [-0.2, 0) is 0 Å². The second-order valence-corrected chi connectivity index (χ2v) is 2.25. The van der Waals surface area contributed by atoms with Crippen molar-refractivity contribution in [1.82, 2.24) is 4.98 Å². The van der Waals surface area contributed by atoms with Crippen LogP contribution in [0.25, 0.3) is 0 Å². The number of nitrogens with zero attached hydrogens (tertiary/aromatic N) is 1. The van der Waals surface area contributed by atoms with Gasteiger partial charge in [0.15, 0.2) is 0 Å². The fraction of sp³-hybridized carbons (Fsp3) is 0.250. The Bertz CT molecular complexity index is 315. The first-order valence-electron chi connectivity index (χ1n) is 3.47. The average Bonchev–Trinajstić information content (AvgIpc) is 2.16. The topological polar surface area (TPSA) is 39.2 Å². The van der Waals surface area contributed by atoms with Crippen molar-refractivity contribution in [2.75, 3.05) is 7.11 Å². The average molecular weight is 187 g/mol. The number of alkyl halides is 2. The molecule has 0 bridgehead atoms. The molecule has 0 aliphatic heterocycles. The van der Waals surface area contributed by atoms with E-state index in [-0.39, 0.29) is 5.69 Å². The van der Waals surface area contributed by atoms with Crippen LogP contribution in [0.1, 0.15) is 10.5 Å². The van der Waals surface area contributed by atoms with E-state index >= 15 is 0 Å². The number of rotatable bonds is 3. The predicted octanol–water partition coefficient (Wildman–Crippen LogP) is 1.54. The highest BCUT2D eigenvalue weighted by molar-refractivity contribution is 5.96. The molecule has 70 valence electrons. The minimum atomic E-state index is -3.03. The van der Waals surface area contributed by atoms with E-state index in [1.165, 1.54) is 25.4 Å². The van der Waals surface area contributed by atoms with E-state index in [9.17, 15) is 13.6 Å². The zero-order valence-corrected chi connectivity index (χ0v) is 6.83. The molecule has 0 N–H and O–H groups in total. The first-order chi connectivity index (χ1) is 6.15. The monoisotopic (exact) mass is 187 g/mol. The maximum Gasteiger partial charge on any atom is 0.302 e. The molecular weight excluding hydrogens is 180 g/mol. The number of hydrogen-bond donors (Lipinski definition) is 0. The minimum absolute atomic E-state index is 0.283. The number of pyridine rings is 1. The number of aromatic nitrogens is 1. The van der Waals surface area contributed by atoms with Gasteiger partial charge in [-0.3, -0.25) is 9.78 Å². The van der Waals surface area contributed by atoms with Crippen molar-refractivity contribution in [2.24, 2.45) is 0 Å². The fourth-order valence-corrected chi connectivity index (χ4v) is 0.785. The summed E-state index contributed by atoms with van der Waals surface area (Å²) in [5.74, 6) is -0.960. The van der Waals surface area contributed by atoms with Crippen molar-refractivity contribution < 1.29 is 18.3 Å². The number of ether oxygens (including phenoxy) is 1. The van der Waals surface area contributed by atoms with Gasteiger partial charge in [0.05, 0.1) is 7.11 Å². The van der Waals surface area contributed by atoms with Crippen LogP contribution in [0.3, 0.4) is 0 Å². The molecule has 1 aromatic rings. The van der Waals surface area contributed by atoms with Crippen LogP contribution in [0.2, 0.25) is 0 Å². The van der Waals surface area contributed by atoms with Crippen LogP contribution in [0.4, 0.5) is 8.78 Å². The lowest BCUT2D eigenvalue weighted by molar-refractivity contribution is 0.0673. The van der Waals surface area contributed by atoms with Gasteiger partial charge in [-0.05, 0) is 6.07 Å². The van der Waals surface area contributed by atoms with Crippen molar-refractivity contribution >= 4 is 5.78 Å². The van der Waals surface area contributed by atoms with Crippen molar-refractivity contribution in [3.8, 4) is 5.75 Å². The van der Waals surface area contributed by atoms with Gasteiger partial charge < -0.3 is 4.74 Å². The highest BCUT2D eigenvalue weighted by Crippen LogP contribution is 2.12. The van der Waals surface area contributed by atoms with Crippen molar-refractivity contribution in [3.05, 3.63) is 24.0 Å². The van der Waals surface area contributed by atoms with Crippen LogP contribution >= 0.6 is 0 Å². The Morgan fingerprint density at radius 1 is 1.62 bits per heavy atom. The van der Waals surface area contributed by atoms with Crippen LogP contribution in [0.15, 0.2) is 18.3 Å². The molecule has 0 aliphatic carbocycles. The summed E-state index contributed by atoms with van der Waals surface area (Å²) < 4.78 is 28.6. The zero-order chi connectivity index (χ0) is 9.84. The van der Waals surface area contributed by atoms with Crippen molar-refractivity contribution in [3.63, 3.8) is 0 Å². The standard InChI is InChI=1S/C8H7F2NO2/c1-13-5-2-3-11-6(4-5)7(12)8(9)10/h2-4,8H,1H3. The molecule has 0 spiro atoms. The van der Waals surface area contributed by atoms with E-state index < -0.39 is 12.2 Å². The van der Waals surface area contributed by atoms with E-state index in [1.807, 2.05) is 0 Å². The van der Waals surface area contributed by atoms with E-state index in [1.54, 1.807) is 0 Å². The molecule has 3 nitrogen and oxygen atoms in total. The molecule has 0 fully saturated rings. The number of halogens is 2. The van der Waals surface area contributed by atoms with Gasteiger partial charge in [-0.2, -0.15) is 0 Å². The Balaban J connectivity index is 2.95. The molecule has 0 amide bonds. The molecule has 13 heavy (non-hydrogen) atoms. The third kappa shape index (κ3) is 2.21. The summed E-state index contributed by atoms with van der Waals surface area (Å²) in [6.45, 7) is 0. The van der Waals surface area contributed by atoms with E-state index in [2.05, 4.69) is 4.98 Å². The van der Waals surface area contributed by atoms with Gasteiger partial charge in [0.2, 0.25) is 5.78 Å². The lowest BCUT2D eigenvalue weighted by atomic mass is 10.2. The summed E-state index contributed by atoms with van der Waals surface area (Å²) in [7, 11) is 1.38. The predicted molar refractivity (Wildman–Crippen MR) is 41.1 cm³/mol. The van der Waals surface area contributed by atoms with Gasteiger partial charge in [0, 0.05) is 12.3 Å². The molecule has 0 unspecified atom stereocenters. The Hall–Kier alpha value is -1.52. The van der Waals surface area contributed by atoms with Crippen LogP contribution in [0, 0.1) is 0 Å². The van der Waals surface area contributed by atoms with Crippen LogP contribution in [-0.4, -0.2) is 24.3 Å². The highest BCUT2D eigenvalue weighted by Gasteiger charge is 2.19. The maximum atomic E-state index is 11.9. The Labute approximate surface area is 73.4 Å². The first kappa shape index (κ1) is 9.57. The fourth-order valence-electron chi connectivity index (χ4n) is 0.785. The van der Waals surface area contributed by atoms with Gasteiger partial charge in [-0.25, -0.2) is 8.78 Å². The quantitative estimate of drug-likeness (QED) is 0.673. The van der Waals surface area contributed by atoms with E-state index in [0.717, 1.165) is 0 Å². The van der Waals surface area contributed by atoms with Gasteiger partial charge >= 0.3 is 6.43 Å². The Kier molecular flexibility index (Phi) is 2.89. The van der Waals surface area contributed by atoms with E-state index in [4.69, 9.17) is 4.74 Å². The molecule has 0 aromatic carbocycles. The second-order valence-electron chi connectivity index (χ2n) is 2.25. The number of ketones is 1. The molecule has 0 radical (unpaired) electrons. The molecule has 1 heterocycles. The Morgan fingerprint density at radius 3 is 2.85 bits per heavy atom. The molecule has 1 rings (SSSR count). The van der Waals surface area contributed by atoms with Gasteiger partial charge in [0.1, 0.15) is 11.4 Å². The third-order valence-corrected chi connectivity index (χ3v) is 1.42. The number of carbonyl (C=O) groups is 1. The third-order valence-electron chi connectivity index (χ3n) is 1.42. The maximum absolute atomic E-state index is 11.9. The van der Waals surface area contributed by atoms with E-state index in [0.29, 0.717) is 5.75 Å². The number of hydrogen-bond acceptors (Lipinski definition) is 3. The summed E-state index contributed by atoms with van der Waals surface area (Å²) in [6, 6.07) is 2.65. The number of methoxy groups -OCH3 is 1. The largest absolute Gasteiger partial charge is 0.497 e. The van der Waals surface area contributed by atoms with Crippen LogP contribution < -0.4 is 4.74 Å². The summed E-state index contributed by atoms with van der Waals surface area (Å²) >= 11 is 0. The van der Waals surface area contributed by atoms with Gasteiger partial charge in [-0.15, -0.1) is 0 Å². The first-order valence-corrected chi connectivity index (χ1v) is 3.47. The SMILES string of the molecule is COc1ccnc(C(=O)C(F)F)c1. The summed E-state index contributed by atoms with van der Waals surface area (Å²) in [5, 5.41) is 0. The summed E-state index contributed by atoms with van der Waals surface area (Å²) in [4.78, 5) is 14.2. The molecule has 1 aromatic heterocycles. The molecule has 0 atom stereocenters. The molecule has 0 saturated heterocycles. The smallest absolute Gasteiger partial charge is 0.302 e. The molecular formula is C8H7F2NO2. The van der Waals surface area contributed by atoms with Crippen LogP contribution in [0.5, 0.6) is 5.75 Å². The molecule has 5 heteroatoms. The zero-order valence-electron chi connectivity index (χ0n) is 6.83. The second kappa shape index (κ2) is 3.93. The van der Waals surface area contributed by atoms with Gasteiger partial charge in [0.25, 0.3) is 0 Å². The van der Waals surface area contributed by atoms with Crippen molar-refractivity contribution in [2.45, 2.75) is 6.43 Å².